The number of halogens is 1. The van der Waals surface area contributed by atoms with E-state index in [9.17, 15) is 0 Å². The highest BCUT2D eigenvalue weighted by Crippen LogP contribution is 2.16. The van der Waals surface area contributed by atoms with Gasteiger partial charge in [-0.05, 0) is 38.9 Å². The minimum Gasteiger partial charge on any atom is -0.355 e. The fraction of sp³-hybridized carbons (Fsp3) is 0.688. The molecule has 0 saturated heterocycles. The number of aryl methyl sites for hydroxylation is 1. The minimum atomic E-state index is 0. The molecular weight excluding hydrogens is 407 g/mol. The first-order valence-electron chi connectivity index (χ1n) is 7.86. The second-order valence-corrected chi connectivity index (χ2v) is 6.55. The molecule has 128 valence electrons. The lowest BCUT2D eigenvalue weighted by Gasteiger charge is -2.25. The predicted octanol–water partition coefficient (Wildman–Crippen LogP) is 3.32. The van der Waals surface area contributed by atoms with Crippen molar-refractivity contribution in [1.82, 2.24) is 15.5 Å². The van der Waals surface area contributed by atoms with Crippen LogP contribution in [-0.4, -0.2) is 43.6 Å². The molecule has 0 amide bonds. The van der Waals surface area contributed by atoms with Gasteiger partial charge in [-0.25, -0.2) is 0 Å². The van der Waals surface area contributed by atoms with Crippen molar-refractivity contribution in [2.45, 2.75) is 46.7 Å². The molecule has 2 N–H and O–H groups in total. The SMILES string of the molecule is CCc1ccc(CNC(=NC)NCCN(CC)C(C)C)s1.I. The number of thiophene rings is 1. The lowest BCUT2D eigenvalue weighted by molar-refractivity contribution is 0.237. The lowest BCUT2D eigenvalue weighted by atomic mass is 10.3. The summed E-state index contributed by atoms with van der Waals surface area (Å²) in [6.07, 6.45) is 1.11. The zero-order chi connectivity index (χ0) is 15.7. The fourth-order valence-electron chi connectivity index (χ4n) is 2.20. The molecule has 1 heterocycles. The van der Waals surface area contributed by atoms with E-state index in [1.165, 1.54) is 9.75 Å². The Bertz CT molecular complexity index is 432. The largest absolute Gasteiger partial charge is 0.355 e. The quantitative estimate of drug-likeness (QED) is 0.372. The average Bonchev–Trinajstić information content (AvgIpc) is 2.94. The number of likely N-dealkylation sites (N-methyl/N-ethyl adjacent to an activating group) is 1. The Labute approximate surface area is 156 Å². The van der Waals surface area contributed by atoms with Gasteiger partial charge >= 0.3 is 0 Å². The van der Waals surface area contributed by atoms with Crippen molar-refractivity contribution in [1.29, 1.82) is 0 Å². The molecule has 0 bridgehead atoms. The molecular formula is C16H31IN4S. The van der Waals surface area contributed by atoms with Crippen LogP contribution in [0.25, 0.3) is 0 Å². The Hall–Kier alpha value is -0.340. The Morgan fingerprint density at radius 3 is 2.41 bits per heavy atom. The molecule has 0 saturated carbocycles. The van der Waals surface area contributed by atoms with Crippen molar-refractivity contribution < 1.29 is 0 Å². The van der Waals surface area contributed by atoms with Crippen LogP contribution in [0.1, 0.15) is 37.4 Å². The number of nitrogens with zero attached hydrogens (tertiary/aromatic N) is 2. The molecule has 6 heteroatoms. The summed E-state index contributed by atoms with van der Waals surface area (Å²) in [5.74, 6) is 0.876. The number of nitrogens with one attached hydrogen (secondary N) is 2. The zero-order valence-electron chi connectivity index (χ0n) is 14.5. The highest BCUT2D eigenvalue weighted by molar-refractivity contribution is 14.0. The molecule has 0 atom stereocenters. The first-order chi connectivity index (χ1) is 10.1. The molecule has 0 fully saturated rings. The van der Waals surface area contributed by atoms with Crippen molar-refractivity contribution in [2.24, 2.45) is 4.99 Å². The van der Waals surface area contributed by atoms with E-state index in [2.05, 4.69) is 60.4 Å². The van der Waals surface area contributed by atoms with Crippen LogP contribution in [0.3, 0.4) is 0 Å². The lowest BCUT2D eigenvalue weighted by Crippen LogP contribution is -2.42. The molecule has 1 rings (SSSR count). The Morgan fingerprint density at radius 2 is 1.91 bits per heavy atom. The van der Waals surface area contributed by atoms with Gasteiger partial charge in [-0.15, -0.1) is 35.3 Å². The van der Waals surface area contributed by atoms with Gasteiger partial charge in [-0.2, -0.15) is 0 Å². The Morgan fingerprint density at radius 1 is 1.23 bits per heavy atom. The van der Waals surface area contributed by atoms with Crippen molar-refractivity contribution in [3.8, 4) is 0 Å². The number of rotatable bonds is 8. The molecule has 0 unspecified atom stereocenters. The standard InChI is InChI=1S/C16H30N4S.HI/c1-6-14-8-9-15(21-14)12-19-16(17-5)18-10-11-20(7-2)13(3)4;/h8-9,13H,6-7,10-12H2,1-5H3,(H2,17,18,19);1H. The van der Waals surface area contributed by atoms with E-state index < -0.39 is 0 Å². The molecule has 0 aliphatic carbocycles. The first-order valence-corrected chi connectivity index (χ1v) is 8.68. The van der Waals surface area contributed by atoms with Crippen molar-refractivity contribution in [3.63, 3.8) is 0 Å². The van der Waals surface area contributed by atoms with Crippen molar-refractivity contribution in [2.75, 3.05) is 26.7 Å². The van der Waals surface area contributed by atoms with Gasteiger partial charge in [0.05, 0.1) is 6.54 Å². The molecule has 0 aliphatic heterocycles. The molecule has 22 heavy (non-hydrogen) atoms. The normalized spacial score (nSPS) is 11.7. The maximum Gasteiger partial charge on any atom is 0.191 e. The molecule has 0 radical (unpaired) electrons. The van der Waals surface area contributed by atoms with E-state index in [-0.39, 0.29) is 24.0 Å². The highest BCUT2D eigenvalue weighted by Gasteiger charge is 2.06. The van der Waals surface area contributed by atoms with Crippen LogP contribution in [0.4, 0.5) is 0 Å². The smallest absolute Gasteiger partial charge is 0.191 e. The summed E-state index contributed by atoms with van der Waals surface area (Å²) in [6.45, 7) is 12.7. The zero-order valence-corrected chi connectivity index (χ0v) is 17.6. The molecule has 0 aromatic carbocycles. The second-order valence-electron chi connectivity index (χ2n) is 5.30. The number of guanidine groups is 1. The van der Waals surface area contributed by atoms with E-state index in [0.29, 0.717) is 6.04 Å². The van der Waals surface area contributed by atoms with Crippen LogP contribution < -0.4 is 10.6 Å². The van der Waals surface area contributed by atoms with Crippen molar-refractivity contribution in [3.05, 3.63) is 21.9 Å². The van der Waals surface area contributed by atoms with Gasteiger partial charge in [0.2, 0.25) is 0 Å². The summed E-state index contributed by atoms with van der Waals surface area (Å²) in [7, 11) is 1.82. The van der Waals surface area contributed by atoms with Crippen LogP contribution in [0, 0.1) is 0 Å². The maximum atomic E-state index is 4.28. The highest BCUT2D eigenvalue weighted by atomic mass is 127. The van der Waals surface area contributed by atoms with Gasteiger partial charge in [0.1, 0.15) is 0 Å². The van der Waals surface area contributed by atoms with Gasteiger partial charge in [0.25, 0.3) is 0 Å². The van der Waals surface area contributed by atoms with E-state index >= 15 is 0 Å². The topological polar surface area (TPSA) is 39.7 Å². The van der Waals surface area contributed by atoms with E-state index in [1.807, 2.05) is 18.4 Å². The first kappa shape index (κ1) is 21.7. The van der Waals surface area contributed by atoms with Crippen LogP contribution >= 0.6 is 35.3 Å². The van der Waals surface area contributed by atoms with Gasteiger partial charge in [-0.1, -0.05) is 13.8 Å². The van der Waals surface area contributed by atoms with Gasteiger partial charge in [-0.3, -0.25) is 9.89 Å². The van der Waals surface area contributed by atoms with E-state index in [0.717, 1.165) is 38.6 Å². The number of hydrogen-bond donors (Lipinski definition) is 2. The second kappa shape index (κ2) is 12.1. The van der Waals surface area contributed by atoms with E-state index in [4.69, 9.17) is 0 Å². The van der Waals surface area contributed by atoms with E-state index in [1.54, 1.807) is 0 Å². The third-order valence-corrected chi connectivity index (χ3v) is 4.78. The number of hydrogen-bond acceptors (Lipinski definition) is 3. The Kier molecular flexibility index (Phi) is 11.9. The molecule has 0 aliphatic rings. The van der Waals surface area contributed by atoms with Crippen LogP contribution in [0.15, 0.2) is 17.1 Å². The van der Waals surface area contributed by atoms with Gasteiger partial charge < -0.3 is 10.6 Å². The number of aliphatic imine (C=N–C) groups is 1. The van der Waals surface area contributed by atoms with Crippen LogP contribution in [-0.2, 0) is 13.0 Å². The predicted molar refractivity (Wildman–Crippen MR) is 110 cm³/mol. The summed E-state index contributed by atoms with van der Waals surface area (Å²) >= 11 is 1.87. The third-order valence-electron chi connectivity index (χ3n) is 3.55. The van der Waals surface area contributed by atoms with Crippen molar-refractivity contribution >= 4 is 41.3 Å². The summed E-state index contributed by atoms with van der Waals surface area (Å²) < 4.78 is 0. The maximum absolute atomic E-state index is 4.28. The Balaban J connectivity index is 0.00000441. The fourth-order valence-corrected chi connectivity index (χ4v) is 3.10. The van der Waals surface area contributed by atoms with Crippen LogP contribution in [0.2, 0.25) is 0 Å². The van der Waals surface area contributed by atoms with Crippen LogP contribution in [0.5, 0.6) is 0 Å². The summed E-state index contributed by atoms with van der Waals surface area (Å²) in [6, 6.07) is 4.99. The average molecular weight is 438 g/mol. The third kappa shape index (κ3) is 7.78. The summed E-state index contributed by atoms with van der Waals surface area (Å²) in [4.78, 5) is 9.51. The van der Waals surface area contributed by atoms with Gasteiger partial charge in [0.15, 0.2) is 5.96 Å². The molecule has 1 aromatic heterocycles. The molecule has 4 nitrogen and oxygen atoms in total. The summed E-state index contributed by atoms with van der Waals surface area (Å²) in [5, 5.41) is 6.76. The van der Waals surface area contributed by atoms with Gasteiger partial charge in [0, 0.05) is 35.9 Å². The monoisotopic (exact) mass is 438 g/mol. The minimum absolute atomic E-state index is 0. The summed E-state index contributed by atoms with van der Waals surface area (Å²) in [5.41, 5.74) is 0. The molecule has 1 aromatic rings. The molecule has 0 spiro atoms.